The standard InChI is InChI=1S/C16H19N5O/c1-12-10-14(19-20(12)2)16(22)17-8-5-9-21-11-18-13-6-3-4-7-15(13)21/h3-4,6-7,10-11H,5,8-9H2,1-2H3,(H,17,22). The highest BCUT2D eigenvalue weighted by Crippen LogP contribution is 2.11. The third-order valence-corrected chi connectivity index (χ3v) is 3.74. The molecule has 114 valence electrons. The lowest BCUT2D eigenvalue weighted by Crippen LogP contribution is -2.25. The van der Waals surface area contributed by atoms with Crippen molar-refractivity contribution in [2.24, 2.45) is 7.05 Å². The van der Waals surface area contributed by atoms with Gasteiger partial charge in [0.05, 0.1) is 17.4 Å². The van der Waals surface area contributed by atoms with E-state index in [1.165, 1.54) is 0 Å². The van der Waals surface area contributed by atoms with Crippen molar-refractivity contribution >= 4 is 16.9 Å². The van der Waals surface area contributed by atoms with Gasteiger partial charge in [-0.15, -0.1) is 0 Å². The average Bonchev–Trinajstić information content (AvgIpc) is 3.08. The van der Waals surface area contributed by atoms with Gasteiger partial charge in [-0.05, 0) is 31.5 Å². The van der Waals surface area contributed by atoms with Crippen molar-refractivity contribution in [3.63, 3.8) is 0 Å². The normalized spacial score (nSPS) is 11.0. The molecule has 6 nitrogen and oxygen atoms in total. The smallest absolute Gasteiger partial charge is 0.271 e. The second-order valence-corrected chi connectivity index (χ2v) is 5.33. The second kappa shape index (κ2) is 6.01. The minimum absolute atomic E-state index is 0.126. The molecule has 3 rings (SSSR count). The molecule has 2 heterocycles. The predicted molar refractivity (Wildman–Crippen MR) is 84.6 cm³/mol. The number of rotatable bonds is 5. The van der Waals surface area contributed by atoms with Crippen LogP contribution in [0, 0.1) is 6.92 Å². The van der Waals surface area contributed by atoms with E-state index in [9.17, 15) is 4.79 Å². The third-order valence-electron chi connectivity index (χ3n) is 3.74. The molecule has 6 heteroatoms. The van der Waals surface area contributed by atoms with Crippen LogP contribution in [0.4, 0.5) is 0 Å². The van der Waals surface area contributed by atoms with Crippen LogP contribution < -0.4 is 5.32 Å². The van der Waals surface area contributed by atoms with Crippen LogP contribution in [-0.4, -0.2) is 31.8 Å². The molecule has 22 heavy (non-hydrogen) atoms. The first-order valence-electron chi connectivity index (χ1n) is 7.34. The summed E-state index contributed by atoms with van der Waals surface area (Å²) in [6.07, 6.45) is 2.69. The zero-order valence-corrected chi connectivity index (χ0v) is 12.8. The molecule has 0 aliphatic carbocycles. The predicted octanol–water partition coefficient (Wildman–Crippen LogP) is 1.90. The number of para-hydroxylation sites is 2. The summed E-state index contributed by atoms with van der Waals surface area (Å²) < 4.78 is 3.80. The number of carbonyl (C=O) groups excluding carboxylic acids is 1. The van der Waals surface area contributed by atoms with Gasteiger partial charge < -0.3 is 9.88 Å². The van der Waals surface area contributed by atoms with Gasteiger partial charge in [-0.3, -0.25) is 9.48 Å². The topological polar surface area (TPSA) is 64.7 Å². The Kier molecular flexibility index (Phi) is 3.91. The lowest BCUT2D eigenvalue weighted by Gasteiger charge is -2.05. The fourth-order valence-corrected chi connectivity index (χ4v) is 2.40. The van der Waals surface area contributed by atoms with Crippen molar-refractivity contribution in [2.45, 2.75) is 19.9 Å². The van der Waals surface area contributed by atoms with E-state index >= 15 is 0 Å². The maximum atomic E-state index is 12.0. The molecule has 0 aliphatic heterocycles. The second-order valence-electron chi connectivity index (χ2n) is 5.33. The number of imidazole rings is 1. The van der Waals surface area contributed by atoms with Crippen LogP contribution >= 0.6 is 0 Å². The molecule has 3 aromatic rings. The van der Waals surface area contributed by atoms with Crippen molar-refractivity contribution in [2.75, 3.05) is 6.54 Å². The summed E-state index contributed by atoms with van der Waals surface area (Å²) in [5.74, 6) is -0.126. The van der Waals surface area contributed by atoms with E-state index in [1.54, 1.807) is 10.7 Å². The van der Waals surface area contributed by atoms with Gasteiger partial charge in [0.2, 0.25) is 0 Å². The SMILES string of the molecule is Cc1cc(C(=O)NCCCn2cnc3ccccc32)nn1C. The average molecular weight is 297 g/mol. The van der Waals surface area contributed by atoms with E-state index in [1.807, 2.05) is 38.5 Å². The fourth-order valence-electron chi connectivity index (χ4n) is 2.40. The molecule has 0 fully saturated rings. The van der Waals surface area contributed by atoms with Gasteiger partial charge in [-0.1, -0.05) is 12.1 Å². The van der Waals surface area contributed by atoms with Crippen LogP contribution in [0.15, 0.2) is 36.7 Å². The monoisotopic (exact) mass is 297 g/mol. The number of benzene rings is 1. The van der Waals surface area contributed by atoms with Gasteiger partial charge in [0, 0.05) is 25.8 Å². The lowest BCUT2D eigenvalue weighted by molar-refractivity contribution is 0.0947. The van der Waals surface area contributed by atoms with Crippen molar-refractivity contribution in [3.05, 3.63) is 48.0 Å². The van der Waals surface area contributed by atoms with E-state index in [0.717, 1.165) is 29.7 Å². The van der Waals surface area contributed by atoms with Crippen LogP contribution in [0.5, 0.6) is 0 Å². The van der Waals surface area contributed by atoms with Crippen molar-refractivity contribution in [1.82, 2.24) is 24.6 Å². The van der Waals surface area contributed by atoms with E-state index in [2.05, 4.69) is 26.0 Å². The van der Waals surface area contributed by atoms with Crippen LogP contribution in [0.1, 0.15) is 22.6 Å². The molecule has 0 saturated carbocycles. The fraction of sp³-hybridized carbons (Fsp3) is 0.312. The molecule has 0 atom stereocenters. The summed E-state index contributed by atoms with van der Waals surface area (Å²) in [6.45, 7) is 3.36. The van der Waals surface area contributed by atoms with Crippen LogP contribution in [0.2, 0.25) is 0 Å². The number of nitrogens with zero attached hydrogens (tertiary/aromatic N) is 4. The van der Waals surface area contributed by atoms with Crippen molar-refractivity contribution in [3.8, 4) is 0 Å². The van der Waals surface area contributed by atoms with E-state index in [0.29, 0.717) is 12.2 Å². The summed E-state index contributed by atoms with van der Waals surface area (Å²) in [6, 6.07) is 9.83. The molecular formula is C16H19N5O. The Morgan fingerprint density at radius 3 is 2.91 bits per heavy atom. The number of aryl methyl sites for hydroxylation is 3. The van der Waals surface area contributed by atoms with E-state index in [-0.39, 0.29) is 5.91 Å². The first-order valence-corrected chi connectivity index (χ1v) is 7.34. The minimum atomic E-state index is -0.126. The number of aromatic nitrogens is 4. The first-order chi connectivity index (χ1) is 10.6. The summed E-state index contributed by atoms with van der Waals surface area (Å²) in [7, 11) is 1.83. The first kappa shape index (κ1) is 14.3. The number of hydrogen-bond acceptors (Lipinski definition) is 3. The van der Waals surface area contributed by atoms with Gasteiger partial charge in [0.25, 0.3) is 5.91 Å². The molecule has 0 radical (unpaired) electrons. The van der Waals surface area contributed by atoms with Crippen LogP contribution in [0.3, 0.4) is 0 Å². The van der Waals surface area contributed by atoms with Gasteiger partial charge in [0.1, 0.15) is 5.69 Å². The molecule has 1 aromatic carbocycles. The summed E-state index contributed by atoms with van der Waals surface area (Å²) in [5.41, 5.74) is 3.55. The zero-order chi connectivity index (χ0) is 15.5. The van der Waals surface area contributed by atoms with Crippen molar-refractivity contribution < 1.29 is 4.79 Å². The Hall–Kier alpha value is -2.63. The van der Waals surface area contributed by atoms with Gasteiger partial charge in [0.15, 0.2) is 0 Å². The van der Waals surface area contributed by atoms with Crippen LogP contribution in [-0.2, 0) is 13.6 Å². The number of nitrogens with one attached hydrogen (secondary N) is 1. The Morgan fingerprint density at radius 2 is 2.14 bits per heavy atom. The molecule has 1 N–H and O–H groups in total. The molecule has 0 aliphatic rings. The quantitative estimate of drug-likeness (QED) is 0.732. The van der Waals surface area contributed by atoms with E-state index < -0.39 is 0 Å². The molecule has 0 spiro atoms. The number of carbonyl (C=O) groups is 1. The summed E-state index contributed by atoms with van der Waals surface area (Å²) in [4.78, 5) is 16.3. The summed E-state index contributed by atoms with van der Waals surface area (Å²) in [5, 5.41) is 7.07. The highest BCUT2D eigenvalue weighted by molar-refractivity contribution is 5.92. The Bertz CT molecular complexity index is 782. The number of fused-ring (bicyclic) bond motifs is 1. The molecule has 1 amide bonds. The Labute approximate surface area is 128 Å². The molecule has 2 aromatic heterocycles. The molecule has 0 unspecified atom stereocenters. The number of hydrogen-bond donors (Lipinski definition) is 1. The van der Waals surface area contributed by atoms with Gasteiger partial charge >= 0.3 is 0 Å². The van der Waals surface area contributed by atoms with Crippen molar-refractivity contribution in [1.29, 1.82) is 0 Å². The minimum Gasteiger partial charge on any atom is -0.351 e. The number of amides is 1. The zero-order valence-electron chi connectivity index (χ0n) is 12.8. The van der Waals surface area contributed by atoms with Gasteiger partial charge in [-0.25, -0.2) is 4.98 Å². The molecule has 0 bridgehead atoms. The Balaban J connectivity index is 1.52. The third kappa shape index (κ3) is 2.86. The lowest BCUT2D eigenvalue weighted by atomic mass is 10.3. The molecule has 0 saturated heterocycles. The highest BCUT2D eigenvalue weighted by Gasteiger charge is 2.10. The maximum Gasteiger partial charge on any atom is 0.271 e. The largest absolute Gasteiger partial charge is 0.351 e. The Morgan fingerprint density at radius 1 is 1.32 bits per heavy atom. The van der Waals surface area contributed by atoms with Gasteiger partial charge in [-0.2, -0.15) is 5.10 Å². The molecular weight excluding hydrogens is 278 g/mol. The highest BCUT2D eigenvalue weighted by atomic mass is 16.1. The van der Waals surface area contributed by atoms with E-state index in [4.69, 9.17) is 0 Å². The maximum absolute atomic E-state index is 12.0. The summed E-state index contributed by atoms with van der Waals surface area (Å²) >= 11 is 0. The van der Waals surface area contributed by atoms with Crippen LogP contribution in [0.25, 0.3) is 11.0 Å².